The molecule has 0 aromatic heterocycles. The van der Waals surface area contributed by atoms with E-state index in [1.54, 1.807) is 25.1 Å². The topological polar surface area (TPSA) is 83.9 Å². The molecule has 6 nitrogen and oxygen atoms in total. The van der Waals surface area contributed by atoms with Crippen molar-refractivity contribution in [2.75, 3.05) is 18.9 Å². The van der Waals surface area contributed by atoms with Gasteiger partial charge in [-0.25, -0.2) is 0 Å². The van der Waals surface area contributed by atoms with E-state index in [-0.39, 0.29) is 11.0 Å². The second-order valence-corrected chi connectivity index (χ2v) is 7.53. The van der Waals surface area contributed by atoms with Gasteiger partial charge in [0.15, 0.2) is 5.12 Å². The van der Waals surface area contributed by atoms with Gasteiger partial charge in [0, 0.05) is 35.6 Å². The number of nitrogens with zero attached hydrogens (tertiary/aromatic N) is 1. The van der Waals surface area contributed by atoms with E-state index in [1.165, 1.54) is 11.8 Å². The van der Waals surface area contributed by atoms with Crippen molar-refractivity contribution in [3.63, 3.8) is 0 Å². The first-order valence-corrected chi connectivity index (χ1v) is 9.23. The van der Waals surface area contributed by atoms with Gasteiger partial charge in [-0.1, -0.05) is 30.3 Å². The van der Waals surface area contributed by atoms with Gasteiger partial charge in [0.25, 0.3) is 0 Å². The van der Waals surface area contributed by atoms with Crippen LogP contribution in [0, 0.1) is 5.92 Å². The first-order valence-electron chi connectivity index (χ1n) is 7.87. The number of carboxylic acid groups (broad SMARTS) is 1. The SMILES string of the molecule is CC(=O)SCC(C)C(=O)N(CC(=O)O)C1CCOc2ccc(Cl)cc21. The van der Waals surface area contributed by atoms with Crippen LogP contribution in [0.25, 0.3) is 0 Å². The van der Waals surface area contributed by atoms with Crippen molar-refractivity contribution < 1.29 is 24.2 Å². The van der Waals surface area contributed by atoms with Crippen LogP contribution in [0.3, 0.4) is 0 Å². The molecule has 2 atom stereocenters. The number of rotatable bonds is 6. The van der Waals surface area contributed by atoms with Gasteiger partial charge in [-0.2, -0.15) is 0 Å². The fourth-order valence-corrected chi connectivity index (χ4v) is 3.56. The van der Waals surface area contributed by atoms with Crippen molar-refractivity contribution in [2.24, 2.45) is 5.92 Å². The Morgan fingerprint density at radius 1 is 1.44 bits per heavy atom. The largest absolute Gasteiger partial charge is 0.493 e. The molecule has 0 saturated heterocycles. The summed E-state index contributed by atoms with van der Waals surface area (Å²) in [6.45, 7) is 3.11. The Morgan fingerprint density at radius 3 is 2.80 bits per heavy atom. The molecule has 0 fully saturated rings. The van der Waals surface area contributed by atoms with Gasteiger partial charge in [0.1, 0.15) is 12.3 Å². The minimum atomic E-state index is -1.09. The molecule has 136 valence electrons. The molecule has 1 aromatic carbocycles. The van der Waals surface area contributed by atoms with Crippen molar-refractivity contribution in [3.05, 3.63) is 28.8 Å². The second-order valence-electron chi connectivity index (χ2n) is 5.90. The van der Waals surface area contributed by atoms with Crippen LogP contribution in [0.4, 0.5) is 0 Å². The number of halogens is 1. The summed E-state index contributed by atoms with van der Waals surface area (Å²) in [5.74, 6) is -0.937. The van der Waals surface area contributed by atoms with Crippen molar-refractivity contribution in [1.82, 2.24) is 4.90 Å². The fraction of sp³-hybridized carbons (Fsp3) is 0.471. The Bertz CT molecular complexity index is 681. The summed E-state index contributed by atoms with van der Waals surface area (Å²) < 4.78 is 5.59. The molecule has 8 heteroatoms. The molecule has 2 unspecified atom stereocenters. The molecule has 0 bridgehead atoms. The predicted molar refractivity (Wildman–Crippen MR) is 96.0 cm³/mol. The highest BCUT2D eigenvalue weighted by Gasteiger charge is 2.34. The lowest BCUT2D eigenvalue weighted by atomic mass is 9.97. The van der Waals surface area contributed by atoms with E-state index < -0.39 is 24.5 Å². The van der Waals surface area contributed by atoms with Crippen LogP contribution < -0.4 is 4.74 Å². The maximum atomic E-state index is 12.8. The molecule has 0 saturated carbocycles. The van der Waals surface area contributed by atoms with Gasteiger partial charge < -0.3 is 14.7 Å². The Hall–Kier alpha value is -1.73. The Labute approximate surface area is 155 Å². The Balaban J connectivity index is 2.29. The fourth-order valence-electron chi connectivity index (χ4n) is 2.76. The number of benzene rings is 1. The standard InChI is InChI=1S/C17H20ClNO5S/c1-10(9-25-11(2)20)17(23)19(8-16(21)22)14-5-6-24-15-4-3-12(18)7-13(14)15/h3-4,7,10,14H,5-6,8-9H2,1-2H3,(H,21,22). The minimum Gasteiger partial charge on any atom is -0.493 e. The van der Waals surface area contributed by atoms with Crippen LogP contribution in [0.5, 0.6) is 5.75 Å². The van der Waals surface area contributed by atoms with Gasteiger partial charge in [-0.3, -0.25) is 14.4 Å². The van der Waals surface area contributed by atoms with Gasteiger partial charge in [-0.15, -0.1) is 0 Å². The Kier molecular flexibility index (Phi) is 6.72. The average Bonchev–Trinajstić information content (AvgIpc) is 2.56. The van der Waals surface area contributed by atoms with Crippen LogP contribution >= 0.6 is 23.4 Å². The van der Waals surface area contributed by atoms with Gasteiger partial charge in [0.2, 0.25) is 5.91 Å². The molecule has 1 amide bonds. The number of hydrogen-bond acceptors (Lipinski definition) is 5. The number of thioether (sulfide) groups is 1. The molecule has 1 heterocycles. The quantitative estimate of drug-likeness (QED) is 0.810. The van der Waals surface area contributed by atoms with Crippen molar-refractivity contribution in [3.8, 4) is 5.75 Å². The van der Waals surface area contributed by atoms with E-state index in [2.05, 4.69) is 0 Å². The van der Waals surface area contributed by atoms with E-state index in [0.717, 1.165) is 11.8 Å². The van der Waals surface area contributed by atoms with E-state index in [4.69, 9.17) is 16.3 Å². The third-order valence-electron chi connectivity index (χ3n) is 3.90. The molecular formula is C17H20ClNO5S. The zero-order chi connectivity index (χ0) is 18.6. The van der Waals surface area contributed by atoms with Gasteiger partial charge in [-0.05, 0) is 18.2 Å². The van der Waals surface area contributed by atoms with E-state index in [1.807, 2.05) is 0 Å². The Morgan fingerprint density at radius 2 is 2.16 bits per heavy atom. The third-order valence-corrected chi connectivity index (χ3v) is 5.21. The monoisotopic (exact) mass is 385 g/mol. The lowest BCUT2D eigenvalue weighted by Crippen LogP contribution is -2.43. The summed E-state index contributed by atoms with van der Waals surface area (Å²) in [7, 11) is 0. The third kappa shape index (κ3) is 5.12. The molecule has 0 aliphatic carbocycles. The molecule has 0 radical (unpaired) electrons. The smallest absolute Gasteiger partial charge is 0.323 e. The van der Waals surface area contributed by atoms with Crippen LogP contribution in [-0.4, -0.2) is 45.9 Å². The number of hydrogen-bond donors (Lipinski definition) is 1. The lowest BCUT2D eigenvalue weighted by molar-refractivity contribution is -0.148. The van der Waals surface area contributed by atoms with Gasteiger partial charge >= 0.3 is 5.97 Å². The number of carboxylic acids is 1. The van der Waals surface area contributed by atoms with Crippen molar-refractivity contribution in [1.29, 1.82) is 0 Å². The molecular weight excluding hydrogens is 366 g/mol. The lowest BCUT2D eigenvalue weighted by Gasteiger charge is -2.36. The summed E-state index contributed by atoms with van der Waals surface area (Å²) in [6.07, 6.45) is 0.485. The second kappa shape index (κ2) is 8.58. The van der Waals surface area contributed by atoms with E-state index in [9.17, 15) is 19.5 Å². The number of amides is 1. The molecule has 25 heavy (non-hydrogen) atoms. The number of ether oxygens (including phenoxy) is 1. The van der Waals surface area contributed by atoms with E-state index >= 15 is 0 Å². The normalized spacial score (nSPS) is 17.2. The number of carbonyl (C=O) groups is 3. The molecule has 1 aromatic rings. The predicted octanol–water partition coefficient (Wildman–Crippen LogP) is 2.99. The van der Waals surface area contributed by atoms with Crippen molar-refractivity contribution >= 4 is 40.4 Å². The molecule has 1 aliphatic heterocycles. The highest BCUT2D eigenvalue weighted by atomic mass is 35.5. The first-order chi connectivity index (χ1) is 11.8. The summed E-state index contributed by atoms with van der Waals surface area (Å²) in [4.78, 5) is 36.6. The summed E-state index contributed by atoms with van der Waals surface area (Å²) >= 11 is 7.12. The van der Waals surface area contributed by atoms with Crippen LogP contribution in [0.1, 0.15) is 31.9 Å². The zero-order valence-corrected chi connectivity index (χ0v) is 15.6. The molecule has 0 spiro atoms. The molecule has 1 aliphatic rings. The van der Waals surface area contributed by atoms with E-state index in [0.29, 0.717) is 35.1 Å². The number of carbonyl (C=O) groups excluding carboxylic acids is 2. The highest BCUT2D eigenvalue weighted by Crippen LogP contribution is 2.38. The average molecular weight is 386 g/mol. The number of fused-ring (bicyclic) bond motifs is 1. The minimum absolute atomic E-state index is 0.0763. The maximum Gasteiger partial charge on any atom is 0.323 e. The molecule has 1 N–H and O–H groups in total. The summed E-state index contributed by atoms with van der Waals surface area (Å²) in [6, 6.07) is 4.70. The highest BCUT2D eigenvalue weighted by molar-refractivity contribution is 8.13. The van der Waals surface area contributed by atoms with Crippen LogP contribution in [0.2, 0.25) is 5.02 Å². The van der Waals surface area contributed by atoms with Gasteiger partial charge in [0.05, 0.1) is 12.6 Å². The summed E-state index contributed by atoms with van der Waals surface area (Å²) in [5.41, 5.74) is 0.708. The zero-order valence-electron chi connectivity index (χ0n) is 14.0. The summed E-state index contributed by atoms with van der Waals surface area (Å²) in [5, 5.41) is 9.68. The van der Waals surface area contributed by atoms with Crippen molar-refractivity contribution in [2.45, 2.75) is 26.3 Å². The maximum absolute atomic E-state index is 12.8. The van der Waals surface area contributed by atoms with Crippen LogP contribution in [-0.2, 0) is 14.4 Å². The molecule has 2 rings (SSSR count). The first kappa shape index (κ1) is 19.6. The number of aliphatic carboxylic acids is 1. The van der Waals surface area contributed by atoms with Crippen LogP contribution in [0.15, 0.2) is 18.2 Å².